The molecule has 1 unspecified atom stereocenters. The number of aliphatic hydroxyl groups is 1. The van der Waals surface area contributed by atoms with Crippen LogP contribution in [0.25, 0.3) is 0 Å². The van der Waals surface area contributed by atoms with Crippen LogP contribution >= 0.6 is 0 Å². The third-order valence-electron chi connectivity index (χ3n) is 2.95. The Morgan fingerprint density at radius 1 is 1.47 bits per heavy atom. The highest BCUT2D eigenvalue weighted by atomic mass is 16.3. The van der Waals surface area contributed by atoms with Gasteiger partial charge in [-0.25, -0.2) is 0 Å². The van der Waals surface area contributed by atoms with Crippen LogP contribution in [0.1, 0.15) is 39.5 Å². The normalized spacial score (nSPS) is 24.4. The molecule has 0 aromatic carbocycles. The SMILES string of the molecule is CCCN(CC1CCCCN1)C[C@@H](C)O. The fourth-order valence-electron chi connectivity index (χ4n) is 2.34. The van der Waals surface area contributed by atoms with Crippen LogP contribution in [0.3, 0.4) is 0 Å². The van der Waals surface area contributed by atoms with Crippen molar-refractivity contribution in [1.29, 1.82) is 0 Å². The zero-order valence-corrected chi connectivity index (χ0v) is 10.2. The van der Waals surface area contributed by atoms with Crippen LogP contribution in [-0.4, -0.2) is 48.3 Å². The van der Waals surface area contributed by atoms with Gasteiger partial charge in [-0.1, -0.05) is 13.3 Å². The Morgan fingerprint density at radius 2 is 2.27 bits per heavy atom. The average Bonchev–Trinajstić information content (AvgIpc) is 2.18. The van der Waals surface area contributed by atoms with Gasteiger partial charge in [-0.15, -0.1) is 0 Å². The summed E-state index contributed by atoms with van der Waals surface area (Å²) in [6, 6.07) is 0.643. The maximum atomic E-state index is 9.42. The molecule has 1 fully saturated rings. The van der Waals surface area contributed by atoms with Crippen molar-refractivity contribution in [2.24, 2.45) is 0 Å². The zero-order chi connectivity index (χ0) is 11.1. The lowest BCUT2D eigenvalue weighted by atomic mass is 10.0. The number of nitrogens with zero attached hydrogens (tertiary/aromatic N) is 1. The summed E-state index contributed by atoms with van der Waals surface area (Å²) in [6.45, 7) is 8.24. The Hall–Kier alpha value is -0.120. The van der Waals surface area contributed by atoms with Gasteiger partial charge in [0.05, 0.1) is 6.10 Å². The molecule has 0 bridgehead atoms. The topological polar surface area (TPSA) is 35.5 Å². The van der Waals surface area contributed by atoms with Crippen LogP contribution < -0.4 is 5.32 Å². The van der Waals surface area contributed by atoms with E-state index in [1.165, 1.54) is 32.2 Å². The van der Waals surface area contributed by atoms with E-state index in [0.717, 1.165) is 19.6 Å². The number of hydrogen-bond acceptors (Lipinski definition) is 3. The first-order chi connectivity index (χ1) is 7.22. The second kappa shape index (κ2) is 7.20. The van der Waals surface area contributed by atoms with Gasteiger partial charge in [0, 0.05) is 19.1 Å². The van der Waals surface area contributed by atoms with E-state index >= 15 is 0 Å². The van der Waals surface area contributed by atoms with Crippen LogP contribution in [-0.2, 0) is 0 Å². The maximum Gasteiger partial charge on any atom is 0.0639 e. The summed E-state index contributed by atoms with van der Waals surface area (Å²) in [5, 5.41) is 13.0. The lowest BCUT2D eigenvalue weighted by Gasteiger charge is -2.31. The third-order valence-corrected chi connectivity index (χ3v) is 2.95. The molecule has 0 aliphatic carbocycles. The summed E-state index contributed by atoms with van der Waals surface area (Å²) in [4.78, 5) is 2.38. The van der Waals surface area contributed by atoms with E-state index in [1.54, 1.807) is 0 Å². The Kier molecular flexibility index (Phi) is 6.22. The van der Waals surface area contributed by atoms with E-state index in [2.05, 4.69) is 17.1 Å². The summed E-state index contributed by atoms with van der Waals surface area (Å²) in [5.74, 6) is 0. The smallest absolute Gasteiger partial charge is 0.0639 e. The van der Waals surface area contributed by atoms with Gasteiger partial charge in [-0.05, 0) is 39.3 Å². The van der Waals surface area contributed by atoms with Gasteiger partial charge in [0.2, 0.25) is 0 Å². The quantitative estimate of drug-likeness (QED) is 0.698. The molecule has 1 saturated heterocycles. The number of rotatable bonds is 6. The van der Waals surface area contributed by atoms with Crippen molar-refractivity contribution >= 4 is 0 Å². The summed E-state index contributed by atoms with van der Waals surface area (Å²) in [6.07, 6.45) is 4.92. The van der Waals surface area contributed by atoms with E-state index in [1.807, 2.05) is 6.92 Å². The fraction of sp³-hybridized carbons (Fsp3) is 1.00. The van der Waals surface area contributed by atoms with Crippen molar-refractivity contribution in [1.82, 2.24) is 10.2 Å². The number of piperidine rings is 1. The first-order valence-corrected chi connectivity index (χ1v) is 6.36. The highest BCUT2D eigenvalue weighted by molar-refractivity contribution is 4.76. The molecule has 90 valence electrons. The van der Waals surface area contributed by atoms with Gasteiger partial charge in [0.1, 0.15) is 0 Å². The molecule has 0 saturated carbocycles. The summed E-state index contributed by atoms with van der Waals surface area (Å²) >= 11 is 0. The van der Waals surface area contributed by atoms with Crippen molar-refractivity contribution in [3.8, 4) is 0 Å². The summed E-state index contributed by atoms with van der Waals surface area (Å²) in [5.41, 5.74) is 0. The minimum Gasteiger partial charge on any atom is -0.392 e. The molecule has 0 aromatic rings. The second-order valence-electron chi connectivity index (χ2n) is 4.76. The van der Waals surface area contributed by atoms with E-state index in [-0.39, 0.29) is 6.10 Å². The van der Waals surface area contributed by atoms with Crippen LogP contribution in [0.4, 0.5) is 0 Å². The van der Waals surface area contributed by atoms with Gasteiger partial charge in [-0.3, -0.25) is 4.90 Å². The van der Waals surface area contributed by atoms with Gasteiger partial charge < -0.3 is 10.4 Å². The minimum absolute atomic E-state index is 0.208. The lowest BCUT2D eigenvalue weighted by Crippen LogP contribution is -2.45. The fourth-order valence-corrected chi connectivity index (χ4v) is 2.34. The maximum absolute atomic E-state index is 9.42. The number of hydrogen-bond donors (Lipinski definition) is 2. The molecule has 1 rings (SSSR count). The molecular weight excluding hydrogens is 188 g/mol. The molecule has 3 nitrogen and oxygen atoms in total. The van der Waals surface area contributed by atoms with Gasteiger partial charge in [0.25, 0.3) is 0 Å². The van der Waals surface area contributed by atoms with Crippen molar-refractivity contribution in [2.75, 3.05) is 26.2 Å². The van der Waals surface area contributed by atoms with Crippen LogP contribution in [0.15, 0.2) is 0 Å². The van der Waals surface area contributed by atoms with E-state index in [9.17, 15) is 5.11 Å². The Morgan fingerprint density at radius 3 is 2.80 bits per heavy atom. The standard InChI is InChI=1S/C12H26N2O/c1-3-8-14(9-11(2)15)10-12-6-4-5-7-13-12/h11-13,15H,3-10H2,1-2H3/t11-,12?/m1/s1. The Labute approximate surface area is 93.9 Å². The molecule has 0 radical (unpaired) electrons. The molecule has 1 heterocycles. The first-order valence-electron chi connectivity index (χ1n) is 6.36. The molecule has 0 aromatic heterocycles. The van der Waals surface area contributed by atoms with Crippen molar-refractivity contribution in [2.45, 2.75) is 51.7 Å². The number of aliphatic hydroxyl groups excluding tert-OH is 1. The van der Waals surface area contributed by atoms with E-state index in [4.69, 9.17) is 0 Å². The monoisotopic (exact) mass is 214 g/mol. The van der Waals surface area contributed by atoms with Gasteiger partial charge in [0.15, 0.2) is 0 Å². The van der Waals surface area contributed by atoms with Crippen molar-refractivity contribution in [3.05, 3.63) is 0 Å². The zero-order valence-electron chi connectivity index (χ0n) is 10.2. The average molecular weight is 214 g/mol. The molecule has 3 heteroatoms. The van der Waals surface area contributed by atoms with Crippen LogP contribution in [0, 0.1) is 0 Å². The van der Waals surface area contributed by atoms with Gasteiger partial charge in [-0.2, -0.15) is 0 Å². The van der Waals surface area contributed by atoms with E-state index in [0.29, 0.717) is 6.04 Å². The molecule has 0 spiro atoms. The van der Waals surface area contributed by atoms with Crippen molar-refractivity contribution < 1.29 is 5.11 Å². The van der Waals surface area contributed by atoms with Crippen LogP contribution in [0.5, 0.6) is 0 Å². The highest BCUT2D eigenvalue weighted by Gasteiger charge is 2.16. The second-order valence-corrected chi connectivity index (χ2v) is 4.76. The predicted molar refractivity (Wildman–Crippen MR) is 64.1 cm³/mol. The molecule has 2 atom stereocenters. The molecule has 1 aliphatic rings. The third kappa shape index (κ3) is 5.50. The summed E-state index contributed by atoms with van der Waals surface area (Å²) < 4.78 is 0. The largest absolute Gasteiger partial charge is 0.392 e. The summed E-state index contributed by atoms with van der Waals surface area (Å²) in [7, 11) is 0. The van der Waals surface area contributed by atoms with E-state index < -0.39 is 0 Å². The Bertz CT molecular complexity index is 156. The van der Waals surface area contributed by atoms with Crippen molar-refractivity contribution in [3.63, 3.8) is 0 Å². The number of nitrogens with one attached hydrogen (secondary N) is 1. The predicted octanol–water partition coefficient (Wildman–Crippen LogP) is 1.22. The Balaban J connectivity index is 2.28. The first kappa shape index (κ1) is 12.9. The van der Waals surface area contributed by atoms with Gasteiger partial charge >= 0.3 is 0 Å². The molecule has 15 heavy (non-hydrogen) atoms. The minimum atomic E-state index is -0.208. The molecule has 2 N–H and O–H groups in total. The molecule has 0 amide bonds. The lowest BCUT2D eigenvalue weighted by molar-refractivity contribution is 0.116. The van der Waals surface area contributed by atoms with Crippen LogP contribution in [0.2, 0.25) is 0 Å². The molecular formula is C12H26N2O. The highest BCUT2D eigenvalue weighted by Crippen LogP contribution is 2.09. The molecule has 1 aliphatic heterocycles.